The molecule has 78 valence electrons. The molecule has 1 N–H and O–H groups in total. The van der Waals surface area contributed by atoms with Crippen LogP contribution in [-0.2, 0) is 19.6 Å². The van der Waals surface area contributed by atoms with Gasteiger partial charge in [0, 0.05) is 18.9 Å². The lowest BCUT2D eigenvalue weighted by Crippen LogP contribution is -2.02. The molecule has 5 nitrogen and oxygen atoms in total. The molecule has 2 aromatic heterocycles. The van der Waals surface area contributed by atoms with Crippen molar-refractivity contribution < 1.29 is 5.11 Å². The minimum atomic E-state index is -0.0603. The molecule has 0 saturated carbocycles. The van der Waals surface area contributed by atoms with E-state index in [1.54, 1.807) is 23.3 Å². The highest BCUT2D eigenvalue weighted by Crippen LogP contribution is 2.00. The van der Waals surface area contributed by atoms with E-state index < -0.39 is 0 Å². The van der Waals surface area contributed by atoms with Crippen molar-refractivity contribution in [2.75, 3.05) is 0 Å². The van der Waals surface area contributed by atoms with E-state index >= 15 is 0 Å². The molecule has 2 aromatic rings. The molecule has 0 spiro atoms. The maximum Gasteiger partial charge on any atom is 0.108 e. The summed E-state index contributed by atoms with van der Waals surface area (Å²) < 4.78 is 1.73. The Hall–Kier alpha value is -1.75. The fourth-order valence-electron chi connectivity index (χ4n) is 1.31. The first-order valence-electron chi connectivity index (χ1n) is 4.77. The third-order valence-corrected chi connectivity index (χ3v) is 2.13. The summed E-state index contributed by atoms with van der Waals surface area (Å²) in [5, 5.41) is 16.5. The summed E-state index contributed by atoms with van der Waals surface area (Å²) in [4.78, 5) is 3.95. The number of hydrogen-bond donors (Lipinski definition) is 1. The number of rotatable bonds is 4. The van der Waals surface area contributed by atoms with Crippen molar-refractivity contribution in [1.29, 1.82) is 0 Å². The van der Waals surface area contributed by atoms with Gasteiger partial charge in [-0.2, -0.15) is 0 Å². The first kappa shape index (κ1) is 9.79. The Morgan fingerprint density at radius 1 is 1.27 bits per heavy atom. The Balaban J connectivity index is 1.93. The Morgan fingerprint density at radius 3 is 2.73 bits per heavy atom. The number of aryl methyl sites for hydroxylation is 2. The largest absolute Gasteiger partial charge is 0.390 e. The molecule has 0 aromatic carbocycles. The fourth-order valence-corrected chi connectivity index (χ4v) is 1.31. The Morgan fingerprint density at radius 2 is 2.07 bits per heavy atom. The van der Waals surface area contributed by atoms with Crippen molar-refractivity contribution in [1.82, 2.24) is 20.0 Å². The average Bonchev–Trinajstić information content (AvgIpc) is 2.76. The van der Waals surface area contributed by atoms with Gasteiger partial charge in [-0.1, -0.05) is 5.21 Å². The van der Waals surface area contributed by atoms with Crippen LogP contribution in [0.5, 0.6) is 0 Å². The maximum absolute atomic E-state index is 8.81. The van der Waals surface area contributed by atoms with Gasteiger partial charge in [-0.25, -0.2) is 0 Å². The van der Waals surface area contributed by atoms with Crippen LogP contribution in [0.1, 0.15) is 11.3 Å². The molecule has 0 unspecified atom stereocenters. The number of nitrogens with zero attached hydrogens (tertiary/aromatic N) is 4. The number of aliphatic hydroxyl groups excluding tert-OH is 1. The fraction of sp³-hybridized carbons (Fsp3) is 0.300. The minimum absolute atomic E-state index is 0.0603. The van der Waals surface area contributed by atoms with Gasteiger partial charge in [0.15, 0.2) is 0 Å². The zero-order valence-electron chi connectivity index (χ0n) is 8.24. The normalized spacial score (nSPS) is 10.5. The first-order chi connectivity index (χ1) is 7.38. The van der Waals surface area contributed by atoms with Crippen molar-refractivity contribution in [2.45, 2.75) is 19.6 Å². The standard InChI is InChI=1S/C10H12N4O/c15-8-10-7-14(13-12-10)6-3-9-1-4-11-5-2-9/h1-2,4-5,7,15H,3,6,8H2. The van der Waals surface area contributed by atoms with Crippen LogP contribution in [0, 0.1) is 0 Å². The summed E-state index contributed by atoms with van der Waals surface area (Å²) >= 11 is 0. The van der Waals surface area contributed by atoms with E-state index in [0.29, 0.717) is 5.69 Å². The van der Waals surface area contributed by atoms with Gasteiger partial charge in [-0.15, -0.1) is 5.10 Å². The predicted molar refractivity (Wildman–Crippen MR) is 53.9 cm³/mol. The van der Waals surface area contributed by atoms with Crippen LogP contribution in [0.4, 0.5) is 0 Å². The van der Waals surface area contributed by atoms with E-state index in [1.807, 2.05) is 12.1 Å². The van der Waals surface area contributed by atoms with Crippen molar-refractivity contribution >= 4 is 0 Å². The Labute approximate surface area is 87.4 Å². The van der Waals surface area contributed by atoms with Gasteiger partial charge < -0.3 is 5.11 Å². The predicted octanol–water partition coefficient (Wildman–Crippen LogP) is 0.408. The van der Waals surface area contributed by atoms with Gasteiger partial charge in [0.05, 0.1) is 12.8 Å². The summed E-state index contributed by atoms with van der Waals surface area (Å²) in [5.74, 6) is 0. The highest BCUT2D eigenvalue weighted by Gasteiger charge is 1.99. The molecule has 0 aliphatic carbocycles. The SMILES string of the molecule is OCc1cn(CCc2ccncc2)nn1. The van der Waals surface area contributed by atoms with Gasteiger partial charge in [-0.3, -0.25) is 9.67 Å². The summed E-state index contributed by atoms with van der Waals surface area (Å²) in [6.07, 6.45) is 6.18. The molecule has 0 aliphatic heterocycles. The van der Waals surface area contributed by atoms with Crippen LogP contribution < -0.4 is 0 Å². The van der Waals surface area contributed by atoms with E-state index in [-0.39, 0.29) is 6.61 Å². The zero-order chi connectivity index (χ0) is 10.5. The molecular weight excluding hydrogens is 192 g/mol. The third-order valence-electron chi connectivity index (χ3n) is 2.13. The van der Waals surface area contributed by atoms with Gasteiger partial charge in [0.2, 0.25) is 0 Å². The molecule has 0 fully saturated rings. The Bertz CT molecular complexity index is 412. The molecule has 0 atom stereocenters. The second kappa shape index (κ2) is 4.65. The van der Waals surface area contributed by atoms with Crippen LogP contribution in [0.15, 0.2) is 30.7 Å². The molecule has 2 heterocycles. The average molecular weight is 204 g/mol. The second-order valence-corrected chi connectivity index (χ2v) is 3.24. The van der Waals surface area contributed by atoms with Gasteiger partial charge >= 0.3 is 0 Å². The lowest BCUT2D eigenvalue weighted by atomic mass is 10.2. The molecule has 0 radical (unpaired) electrons. The van der Waals surface area contributed by atoms with Crippen molar-refractivity contribution in [3.8, 4) is 0 Å². The van der Waals surface area contributed by atoms with E-state index in [1.165, 1.54) is 5.56 Å². The van der Waals surface area contributed by atoms with Crippen LogP contribution in [0.25, 0.3) is 0 Å². The molecular formula is C10H12N4O. The monoisotopic (exact) mass is 204 g/mol. The molecule has 2 rings (SSSR count). The van der Waals surface area contributed by atoms with Gasteiger partial charge in [-0.05, 0) is 24.1 Å². The maximum atomic E-state index is 8.81. The quantitative estimate of drug-likeness (QED) is 0.783. The zero-order valence-corrected chi connectivity index (χ0v) is 8.24. The van der Waals surface area contributed by atoms with Crippen molar-refractivity contribution in [3.63, 3.8) is 0 Å². The van der Waals surface area contributed by atoms with Crippen LogP contribution >= 0.6 is 0 Å². The molecule has 0 amide bonds. The third kappa shape index (κ3) is 2.60. The first-order valence-corrected chi connectivity index (χ1v) is 4.77. The molecule has 5 heteroatoms. The van der Waals surface area contributed by atoms with Crippen LogP contribution in [0.3, 0.4) is 0 Å². The summed E-state index contributed by atoms with van der Waals surface area (Å²) in [7, 11) is 0. The summed E-state index contributed by atoms with van der Waals surface area (Å²) in [6, 6.07) is 3.95. The Kier molecular flexibility index (Phi) is 3.04. The minimum Gasteiger partial charge on any atom is -0.390 e. The van der Waals surface area contributed by atoms with E-state index in [4.69, 9.17) is 5.11 Å². The smallest absolute Gasteiger partial charge is 0.108 e. The lowest BCUT2D eigenvalue weighted by Gasteiger charge is -1.99. The van der Waals surface area contributed by atoms with Crippen LogP contribution in [0.2, 0.25) is 0 Å². The summed E-state index contributed by atoms with van der Waals surface area (Å²) in [6.45, 7) is 0.701. The summed E-state index contributed by atoms with van der Waals surface area (Å²) in [5.41, 5.74) is 1.82. The molecule has 0 aliphatic rings. The van der Waals surface area contributed by atoms with E-state index in [0.717, 1.165) is 13.0 Å². The second-order valence-electron chi connectivity index (χ2n) is 3.24. The molecule has 0 bridgehead atoms. The number of hydrogen-bond acceptors (Lipinski definition) is 4. The van der Waals surface area contributed by atoms with Gasteiger partial charge in [0.25, 0.3) is 0 Å². The van der Waals surface area contributed by atoms with E-state index in [2.05, 4.69) is 15.3 Å². The van der Waals surface area contributed by atoms with Crippen molar-refractivity contribution in [3.05, 3.63) is 42.0 Å². The van der Waals surface area contributed by atoms with Gasteiger partial charge in [0.1, 0.15) is 5.69 Å². The highest BCUT2D eigenvalue weighted by atomic mass is 16.3. The number of pyridine rings is 1. The lowest BCUT2D eigenvalue weighted by molar-refractivity contribution is 0.276. The topological polar surface area (TPSA) is 63.8 Å². The van der Waals surface area contributed by atoms with E-state index in [9.17, 15) is 0 Å². The molecule has 15 heavy (non-hydrogen) atoms. The van der Waals surface area contributed by atoms with Crippen molar-refractivity contribution in [2.24, 2.45) is 0 Å². The highest BCUT2D eigenvalue weighted by molar-refractivity contribution is 5.09. The van der Waals surface area contributed by atoms with Crippen LogP contribution in [-0.4, -0.2) is 25.1 Å². The molecule has 0 saturated heterocycles. The number of aliphatic hydroxyl groups is 1. The number of aromatic nitrogens is 4.